The lowest BCUT2D eigenvalue weighted by Gasteiger charge is -2.22. The quantitative estimate of drug-likeness (QED) is 0.749. The summed E-state index contributed by atoms with van der Waals surface area (Å²) in [5, 5.41) is 18.9. The Kier molecular flexibility index (Phi) is 3.49. The highest BCUT2D eigenvalue weighted by molar-refractivity contribution is 9.10. The molecule has 0 amide bonds. The van der Waals surface area contributed by atoms with Gasteiger partial charge in [0.1, 0.15) is 19.0 Å². The van der Waals surface area contributed by atoms with Gasteiger partial charge in [-0.25, -0.2) is 0 Å². The maximum absolute atomic E-state index is 5.65. The van der Waals surface area contributed by atoms with Crippen LogP contribution in [0, 0.1) is 0 Å². The lowest BCUT2D eigenvalue weighted by molar-refractivity contribution is 0.171. The van der Waals surface area contributed by atoms with Crippen LogP contribution >= 0.6 is 15.9 Å². The van der Waals surface area contributed by atoms with E-state index in [1.807, 2.05) is 25.1 Å². The van der Waals surface area contributed by atoms with Crippen molar-refractivity contribution in [2.24, 2.45) is 0 Å². The van der Waals surface area contributed by atoms with Gasteiger partial charge in [0.2, 0.25) is 0 Å². The van der Waals surface area contributed by atoms with Gasteiger partial charge in [0.25, 0.3) is 0 Å². The molecule has 0 spiro atoms. The minimum absolute atomic E-state index is 0.00151. The van der Waals surface area contributed by atoms with Crippen LogP contribution in [0.3, 0.4) is 0 Å². The van der Waals surface area contributed by atoms with Crippen LogP contribution in [0.5, 0.6) is 11.5 Å². The molecule has 3 aromatic rings. The number of anilines is 1. The highest BCUT2D eigenvalue weighted by Crippen LogP contribution is 2.38. The Morgan fingerprint density at radius 3 is 2.83 bits per heavy atom. The number of hydrogen-bond acceptors (Lipinski definition) is 7. The number of aromatic nitrogens is 5. The molecule has 0 aliphatic carbocycles. The van der Waals surface area contributed by atoms with E-state index in [-0.39, 0.29) is 6.04 Å². The van der Waals surface area contributed by atoms with Crippen LogP contribution in [-0.4, -0.2) is 38.5 Å². The number of tetrazole rings is 1. The molecule has 0 bridgehead atoms. The third-order valence-electron chi connectivity index (χ3n) is 3.56. The molecule has 118 valence electrons. The van der Waals surface area contributed by atoms with Gasteiger partial charge in [-0.1, -0.05) is 15.9 Å². The second-order valence-electron chi connectivity index (χ2n) is 5.13. The molecule has 2 aromatic heterocycles. The number of benzene rings is 1. The topological polar surface area (TPSA) is 86.5 Å². The van der Waals surface area contributed by atoms with E-state index in [1.165, 1.54) is 4.63 Å². The standard InChI is InChI=1S/C14H13BrN6O2/c1-8(16-13-2-3-14-17-19-20-21(14)18-13)9-6-11-12(7-10(9)15)23-5-4-22-11/h2-3,6-8H,4-5H2,1H3,(H,16,18). The molecule has 1 unspecified atom stereocenters. The van der Waals surface area contributed by atoms with Crippen molar-refractivity contribution in [3.05, 3.63) is 34.3 Å². The van der Waals surface area contributed by atoms with E-state index < -0.39 is 0 Å². The number of nitrogens with one attached hydrogen (secondary N) is 1. The Balaban J connectivity index is 1.62. The second kappa shape index (κ2) is 5.65. The van der Waals surface area contributed by atoms with Crippen LogP contribution in [0.25, 0.3) is 5.65 Å². The maximum Gasteiger partial charge on any atom is 0.200 e. The van der Waals surface area contributed by atoms with E-state index in [0.717, 1.165) is 21.5 Å². The van der Waals surface area contributed by atoms with Crippen molar-refractivity contribution in [2.45, 2.75) is 13.0 Å². The largest absolute Gasteiger partial charge is 0.486 e. The van der Waals surface area contributed by atoms with Crippen molar-refractivity contribution < 1.29 is 9.47 Å². The van der Waals surface area contributed by atoms with E-state index in [4.69, 9.17) is 9.47 Å². The predicted octanol–water partition coefficient (Wildman–Crippen LogP) is 2.23. The van der Waals surface area contributed by atoms with Crippen molar-refractivity contribution in [1.82, 2.24) is 25.3 Å². The van der Waals surface area contributed by atoms with Crippen LogP contribution in [0.15, 0.2) is 28.7 Å². The summed E-state index contributed by atoms with van der Waals surface area (Å²) in [5.41, 5.74) is 1.65. The molecule has 23 heavy (non-hydrogen) atoms. The summed E-state index contributed by atoms with van der Waals surface area (Å²) < 4.78 is 13.6. The zero-order valence-corrected chi connectivity index (χ0v) is 13.8. The fourth-order valence-electron chi connectivity index (χ4n) is 2.44. The minimum Gasteiger partial charge on any atom is -0.486 e. The Morgan fingerprint density at radius 1 is 1.22 bits per heavy atom. The van der Waals surface area contributed by atoms with Gasteiger partial charge in [0.15, 0.2) is 17.1 Å². The molecule has 0 saturated heterocycles. The predicted molar refractivity (Wildman–Crippen MR) is 85.7 cm³/mol. The molecular weight excluding hydrogens is 364 g/mol. The molecule has 9 heteroatoms. The lowest BCUT2D eigenvalue weighted by Crippen LogP contribution is -2.16. The summed E-state index contributed by atoms with van der Waals surface area (Å²) >= 11 is 3.59. The summed E-state index contributed by atoms with van der Waals surface area (Å²) in [6.45, 7) is 3.18. The first-order valence-electron chi connectivity index (χ1n) is 7.12. The van der Waals surface area contributed by atoms with Crippen molar-refractivity contribution in [2.75, 3.05) is 18.5 Å². The molecule has 0 saturated carbocycles. The Hall–Kier alpha value is -2.42. The van der Waals surface area contributed by atoms with Gasteiger partial charge in [0, 0.05) is 4.47 Å². The molecule has 1 aromatic carbocycles. The Labute approximate surface area is 139 Å². The van der Waals surface area contributed by atoms with Gasteiger partial charge >= 0.3 is 0 Å². The smallest absolute Gasteiger partial charge is 0.200 e. The highest BCUT2D eigenvalue weighted by atomic mass is 79.9. The van der Waals surface area contributed by atoms with Gasteiger partial charge < -0.3 is 14.8 Å². The third-order valence-corrected chi connectivity index (χ3v) is 4.25. The zero-order chi connectivity index (χ0) is 15.8. The number of hydrogen-bond donors (Lipinski definition) is 1. The number of rotatable bonds is 3. The zero-order valence-electron chi connectivity index (χ0n) is 12.2. The summed E-state index contributed by atoms with van der Waals surface area (Å²) in [6.07, 6.45) is 0. The number of halogens is 1. The molecule has 4 rings (SSSR count). The number of nitrogens with zero attached hydrogens (tertiary/aromatic N) is 5. The molecule has 8 nitrogen and oxygen atoms in total. The molecule has 0 radical (unpaired) electrons. The average molecular weight is 377 g/mol. The van der Waals surface area contributed by atoms with Crippen molar-refractivity contribution in [1.29, 1.82) is 0 Å². The first-order valence-corrected chi connectivity index (χ1v) is 7.91. The normalized spacial score (nSPS) is 14.7. The number of fused-ring (bicyclic) bond motifs is 2. The van der Waals surface area contributed by atoms with Crippen molar-refractivity contribution in [3.63, 3.8) is 0 Å². The van der Waals surface area contributed by atoms with Crippen LogP contribution < -0.4 is 14.8 Å². The fourth-order valence-corrected chi connectivity index (χ4v) is 3.10. The molecule has 3 heterocycles. The SMILES string of the molecule is CC(Nc1ccc2nnnn2n1)c1cc2c(cc1Br)OCCO2. The molecule has 1 aliphatic rings. The van der Waals surface area contributed by atoms with Gasteiger partial charge in [0.05, 0.1) is 6.04 Å². The van der Waals surface area contributed by atoms with E-state index >= 15 is 0 Å². The second-order valence-corrected chi connectivity index (χ2v) is 5.98. The third kappa shape index (κ3) is 2.67. The Bertz CT molecular complexity index is 868. The van der Waals surface area contributed by atoms with Gasteiger partial charge in [-0.2, -0.15) is 0 Å². The van der Waals surface area contributed by atoms with E-state index in [0.29, 0.717) is 24.7 Å². The fraction of sp³-hybridized carbons (Fsp3) is 0.286. The van der Waals surface area contributed by atoms with Crippen LogP contribution in [-0.2, 0) is 0 Å². The molecule has 1 aliphatic heterocycles. The van der Waals surface area contributed by atoms with Gasteiger partial charge in [-0.3, -0.25) is 0 Å². The first-order chi connectivity index (χ1) is 11.2. The molecule has 0 fully saturated rings. The molecule has 1 N–H and O–H groups in total. The molecular formula is C14H13BrN6O2. The van der Waals surface area contributed by atoms with E-state index in [2.05, 4.69) is 41.9 Å². The molecule has 1 atom stereocenters. The van der Waals surface area contributed by atoms with Gasteiger partial charge in [-0.05, 0) is 47.2 Å². The number of ether oxygens (including phenoxy) is 2. The first kappa shape index (κ1) is 14.2. The van der Waals surface area contributed by atoms with Crippen LogP contribution in [0.2, 0.25) is 0 Å². The van der Waals surface area contributed by atoms with Crippen molar-refractivity contribution in [3.8, 4) is 11.5 Å². The summed E-state index contributed by atoms with van der Waals surface area (Å²) in [6, 6.07) is 7.56. The summed E-state index contributed by atoms with van der Waals surface area (Å²) in [7, 11) is 0. The summed E-state index contributed by atoms with van der Waals surface area (Å²) in [4.78, 5) is 0. The van der Waals surface area contributed by atoms with Crippen molar-refractivity contribution >= 4 is 27.4 Å². The summed E-state index contributed by atoms with van der Waals surface area (Å²) in [5.74, 6) is 2.19. The van der Waals surface area contributed by atoms with Crippen LogP contribution in [0.4, 0.5) is 5.82 Å². The van der Waals surface area contributed by atoms with E-state index in [9.17, 15) is 0 Å². The van der Waals surface area contributed by atoms with E-state index in [1.54, 1.807) is 6.07 Å². The average Bonchev–Trinajstić information content (AvgIpc) is 3.01. The highest BCUT2D eigenvalue weighted by Gasteiger charge is 2.18. The lowest BCUT2D eigenvalue weighted by atomic mass is 10.1. The maximum atomic E-state index is 5.65. The monoisotopic (exact) mass is 376 g/mol. The minimum atomic E-state index is 0.00151. The van der Waals surface area contributed by atoms with Gasteiger partial charge in [-0.15, -0.1) is 14.8 Å². The Morgan fingerprint density at radius 2 is 2.00 bits per heavy atom. The van der Waals surface area contributed by atoms with Crippen LogP contribution in [0.1, 0.15) is 18.5 Å².